The van der Waals surface area contributed by atoms with Crippen LogP contribution in [0.5, 0.6) is 0 Å². The molecule has 38 heavy (non-hydrogen) atoms. The number of fused-ring (bicyclic) bond motifs is 3. The Kier molecular flexibility index (Phi) is 5.82. The molecule has 2 aliphatic heterocycles. The van der Waals surface area contributed by atoms with Crippen molar-refractivity contribution in [1.82, 2.24) is 0 Å². The van der Waals surface area contributed by atoms with Gasteiger partial charge in [-0.3, -0.25) is 4.79 Å². The van der Waals surface area contributed by atoms with Crippen LogP contribution in [0.1, 0.15) is 89.7 Å². The zero-order valence-corrected chi connectivity index (χ0v) is 23.5. The Labute approximate surface area is 229 Å². The molecule has 4 bridgehead atoms. The Balaban J connectivity index is 1.17. The number of Topliss-reactive ketones (excluding diaryl/α,β-unsaturated/α-hetero) is 1. The van der Waals surface area contributed by atoms with Gasteiger partial charge in [0.05, 0.1) is 6.10 Å². The van der Waals surface area contributed by atoms with Crippen LogP contribution in [0.25, 0.3) is 5.57 Å². The molecule has 4 aliphatic carbocycles. The molecular formula is C36H44O2. The number of carbonyl (C=O) groups excluding carboxylic acids is 1. The van der Waals surface area contributed by atoms with Gasteiger partial charge in [-0.05, 0) is 103 Å². The highest BCUT2D eigenvalue weighted by atomic mass is 16.5. The van der Waals surface area contributed by atoms with Crippen LogP contribution >= 0.6 is 0 Å². The molecule has 0 aromatic heterocycles. The van der Waals surface area contributed by atoms with Gasteiger partial charge in [-0.15, -0.1) is 0 Å². The number of ether oxygens (including phenoxy) is 1. The molecule has 0 amide bonds. The average Bonchev–Trinajstić information content (AvgIpc) is 3.26. The number of ketones is 1. The van der Waals surface area contributed by atoms with E-state index in [9.17, 15) is 4.79 Å². The molecule has 2 nitrogen and oxygen atoms in total. The smallest absolute Gasteiger partial charge is 0.166 e. The van der Waals surface area contributed by atoms with Crippen molar-refractivity contribution in [3.05, 3.63) is 77.9 Å². The third-order valence-corrected chi connectivity index (χ3v) is 12.5. The molecule has 200 valence electrons. The third kappa shape index (κ3) is 3.38. The number of allylic oxidation sites excluding steroid dienone is 1. The van der Waals surface area contributed by atoms with E-state index in [1.165, 1.54) is 55.2 Å². The molecule has 1 spiro atoms. The number of benzene rings is 2. The summed E-state index contributed by atoms with van der Waals surface area (Å²) in [6.07, 6.45) is 13.2. The van der Waals surface area contributed by atoms with E-state index in [-0.39, 0.29) is 10.8 Å². The molecule has 0 radical (unpaired) electrons. The topological polar surface area (TPSA) is 26.3 Å². The lowest BCUT2D eigenvalue weighted by Crippen LogP contribution is -2.75. The quantitative estimate of drug-likeness (QED) is 0.405. The Morgan fingerprint density at radius 1 is 0.921 bits per heavy atom. The van der Waals surface area contributed by atoms with Gasteiger partial charge in [0.25, 0.3) is 0 Å². The lowest BCUT2D eigenvalue weighted by atomic mass is 9.40. The Hall–Kier alpha value is -2.19. The summed E-state index contributed by atoms with van der Waals surface area (Å²) in [6.45, 7) is 7.38. The zero-order valence-electron chi connectivity index (χ0n) is 23.5. The summed E-state index contributed by atoms with van der Waals surface area (Å²) in [5.41, 5.74) is 3.58. The van der Waals surface area contributed by atoms with E-state index in [1.54, 1.807) is 0 Å². The van der Waals surface area contributed by atoms with Crippen LogP contribution in [0.4, 0.5) is 0 Å². The summed E-state index contributed by atoms with van der Waals surface area (Å²) in [7, 11) is 0. The van der Waals surface area contributed by atoms with Crippen molar-refractivity contribution < 1.29 is 9.53 Å². The predicted molar refractivity (Wildman–Crippen MR) is 153 cm³/mol. The Bertz CT molecular complexity index is 1190. The Morgan fingerprint density at radius 2 is 1.58 bits per heavy atom. The van der Waals surface area contributed by atoms with Gasteiger partial charge in [-0.1, -0.05) is 87.5 Å². The number of carbonyl (C=O) groups is 1. The normalized spacial score (nSPS) is 41.8. The highest BCUT2D eigenvalue weighted by Gasteiger charge is 2.74. The maximum atomic E-state index is 14.4. The summed E-state index contributed by atoms with van der Waals surface area (Å²) in [4.78, 5) is 14.4. The number of rotatable bonds is 5. The fraction of sp³-hybridized carbons (Fsp3) is 0.583. The van der Waals surface area contributed by atoms with E-state index in [1.807, 2.05) is 0 Å². The van der Waals surface area contributed by atoms with Crippen LogP contribution in [0, 0.1) is 40.4 Å². The molecule has 2 aromatic rings. The second kappa shape index (κ2) is 8.91. The van der Waals surface area contributed by atoms with Crippen molar-refractivity contribution in [2.45, 2.75) is 90.3 Å². The van der Waals surface area contributed by atoms with Crippen LogP contribution in [0.15, 0.2) is 66.7 Å². The maximum absolute atomic E-state index is 14.4. The first-order valence-electron chi connectivity index (χ1n) is 15.4. The van der Waals surface area contributed by atoms with Crippen molar-refractivity contribution in [3.8, 4) is 0 Å². The fourth-order valence-electron chi connectivity index (χ4n) is 10.7. The molecule has 6 fully saturated rings. The van der Waals surface area contributed by atoms with Crippen LogP contribution in [-0.2, 0) is 9.53 Å². The van der Waals surface area contributed by atoms with Gasteiger partial charge in [0, 0.05) is 11.8 Å². The molecular weight excluding hydrogens is 464 g/mol. The molecule has 2 heterocycles. The summed E-state index contributed by atoms with van der Waals surface area (Å²) >= 11 is 0. The van der Waals surface area contributed by atoms with Crippen molar-refractivity contribution in [1.29, 1.82) is 0 Å². The standard InChI is InChI=1S/C36H44O2/c1-24(14-16-29(25-10-6-4-7-11-25)26-12-8-5-9-13-26)30-18-19-31-32-17-15-27-22-28-20-21-35(27,3)36(32,38-28)33(37)23-34(30,31)2/h4-13,16,24,27-28,30-32H,14-15,17-23H2,1-3H3/t24?,27?,28-,30?,31?,32?,34-,35+,36+/m1/s1. The predicted octanol–water partition coefficient (Wildman–Crippen LogP) is 8.50. The molecule has 6 aliphatic rings. The number of hydrogen-bond acceptors (Lipinski definition) is 2. The first-order chi connectivity index (χ1) is 18.4. The highest BCUT2D eigenvalue weighted by molar-refractivity contribution is 5.91. The van der Waals surface area contributed by atoms with E-state index in [4.69, 9.17) is 4.74 Å². The van der Waals surface area contributed by atoms with Gasteiger partial charge in [-0.25, -0.2) is 0 Å². The van der Waals surface area contributed by atoms with Crippen LogP contribution in [-0.4, -0.2) is 17.5 Å². The van der Waals surface area contributed by atoms with E-state index in [0.717, 1.165) is 19.3 Å². The molecule has 2 heteroatoms. The van der Waals surface area contributed by atoms with E-state index in [2.05, 4.69) is 87.5 Å². The van der Waals surface area contributed by atoms with Gasteiger partial charge in [0.15, 0.2) is 5.78 Å². The second-order valence-electron chi connectivity index (χ2n) is 14.0. The minimum absolute atomic E-state index is 0.0653. The molecule has 9 atom stereocenters. The maximum Gasteiger partial charge on any atom is 0.166 e. The molecule has 0 N–H and O–H groups in total. The lowest BCUT2D eigenvalue weighted by molar-refractivity contribution is -0.307. The summed E-state index contributed by atoms with van der Waals surface area (Å²) in [6, 6.07) is 21.6. The van der Waals surface area contributed by atoms with Crippen LogP contribution in [0.2, 0.25) is 0 Å². The van der Waals surface area contributed by atoms with Gasteiger partial charge >= 0.3 is 0 Å². The first kappa shape index (κ1) is 24.8. The minimum atomic E-state index is -0.479. The fourth-order valence-corrected chi connectivity index (χ4v) is 10.7. The molecule has 4 saturated carbocycles. The third-order valence-electron chi connectivity index (χ3n) is 12.5. The second-order valence-corrected chi connectivity index (χ2v) is 14.0. The van der Waals surface area contributed by atoms with Crippen molar-refractivity contribution in [2.75, 3.05) is 0 Å². The van der Waals surface area contributed by atoms with E-state index < -0.39 is 5.60 Å². The van der Waals surface area contributed by atoms with Crippen LogP contribution in [0.3, 0.4) is 0 Å². The van der Waals surface area contributed by atoms with Crippen molar-refractivity contribution in [3.63, 3.8) is 0 Å². The van der Waals surface area contributed by atoms with Crippen LogP contribution < -0.4 is 0 Å². The van der Waals surface area contributed by atoms with Crippen molar-refractivity contribution >= 4 is 11.4 Å². The lowest BCUT2D eigenvalue weighted by Gasteiger charge is -2.70. The SMILES string of the molecule is CC(CC=C(c1ccccc1)c1ccccc1)C1CCC2C3CCC4C[C@H]5CC[C@]4(C)[C@@]3(O5)C(=O)C[C@]12C. The zero-order chi connectivity index (χ0) is 26.1. The van der Waals surface area contributed by atoms with Gasteiger partial charge in [0.2, 0.25) is 0 Å². The summed E-state index contributed by atoms with van der Waals surface area (Å²) < 4.78 is 6.93. The largest absolute Gasteiger partial charge is 0.363 e. The molecule has 8 rings (SSSR count). The van der Waals surface area contributed by atoms with E-state index >= 15 is 0 Å². The molecule has 5 unspecified atom stereocenters. The highest BCUT2D eigenvalue weighted by Crippen LogP contribution is 2.72. The first-order valence-corrected chi connectivity index (χ1v) is 15.4. The van der Waals surface area contributed by atoms with E-state index in [0.29, 0.717) is 41.5 Å². The molecule has 2 saturated heterocycles. The van der Waals surface area contributed by atoms with Gasteiger partial charge in [0.1, 0.15) is 5.60 Å². The average molecular weight is 509 g/mol. The number of hydrogen-bond donors (Lipinski definition) is 0. The summed E-state index contributed by atoms with van der Waals surface area (Å²) in [5.74, 6) is 3.34. The molecule has 2 aromatic carbocycles. The monoisotopic (exact) mass is 508 g/mol. The minimum Gasteiger partial charge on any atom is -0.363 e. The van der Waals surface area contributed by atoms with Crippen molar-refractivity contribution in [2.24, 2.45) is 40.4 Å². The summed E-state index contributed by atoms with van der Waals surface area (Å²) in [5, 5.41) is 0. The van der Waals surface area contributed by atoms with Gasteiger partial charge in [-0.2, -0.15) is 0 Å². The van der Waals surface area contributed by atoms with Gasteiger partial charge < -0.3 is 4.74 Å². The Morgan fingerprint density at radius 3 is 2.26 bits per heavy atom.